The van der Waals surface area contributed by atoms with Gasteiger partial charge in [-0.2, -0.15) is 0 Å². The van der Waals surface area contributed by atoms with Crippen molar-refractivity contribution >= 4 is 49.4 Å². The minimum absolute atomic E-state index is 0.148. The molecular formula is C22H18Br2N2O3. The molecule has 2 amide bonds. The lowest BCUT2D eigenvalue weighted by Crippen LogP contribution is -2.23. The van der Waals surface area contributed by atoms with Crippen molar-refractivity contribution in [1.29, 1.82) is 0 Å². The number of halogens is 2. The van der Waals surface area contributed by atoms with Crippen LogP contribution in [0.2, 0.25) is 0 Å². The number of benzene rings is 3. The Bertz CT molecular complexity index is 1010. The molecule has 0 aliphatic heterocycles. The zero-order chi connectivity index (χ0) is 20.6. The van der Waals surface area contributed by atoms with Crippen molar-refractivity contribution in [3.63, 3.8) is 0 Å². The third-order valence-electron chi connectivity index (χ3n) is 3.96. The molecule has 7 heteroatoms. The van der Waals surface area contributed by atoms with Crippen LogP contribution in [-0.4, -0.2) is 18.4 Å². The van der Waals surface area contributed by atoms with Gasteiger partial charge in [-0.25, -0.2) is 0 Å². The van der Waals surface area contributed by atoms with E-state index in [0.717, 1.165) is 14.5 Å². The molecule has 0 bridgehead atoms. The maximum atomic E-state index is 12.4. The van der Waals surface area contributed by atoms with Crippen LogP contribution in [0, 0.1) is 0 Å². The molecule has 0 radical (unpaired) electrons. The minimum atomic E-state index is -0.318. The highest BCUT2D eigenvalue weighted by Gasteiger charge is 2.10. The van der Waals surface area contributed by atoms with Crippen LogP contribution in [0.3, 0.4) is 0 Å². The summed E-state index contributed by atoms with van der Waals surface area (Å²) in [5.41, 5.74) is 2.01. The molecule has 0 atom stereocenters. The molecule has 3 aromatic rings. The van der Waals surface area contributed by atoms with Gasteiger partial charge in [0.1, 0.15) is 5.75 Å². The number of hydrogen-bond acceptors (Lipinski definition) is 3. The number of carbonyl (C=O) groups is 2. The van der Waals surface area contributed by atoms with E-state index >= 15 is 0 Å². The fourth-order valence-electron chi connectivity index (χ4n) is 2.55. The third kappa shape index (κ3) is 6.44. The highest BCUT2D eigenvalue weighted by atomic mass is 79.9. The van der Waals surface area contributed by atoms with Crippen LogP contribution in [-0.2, 0) is 11.3 Å². The van der Waals surface area contributed by atoms with Crippen LogP contribution >= 0.6 is 31.9 Å². The van der Waals surface area contributed by atoms with Gasteiger partial charge < -0.3 is 15.4 Å². The first-order valence-electron chi connectivity index (χ1n) is 8.81. The Kier molecular flexibility index (Phi) is 7.43. The Morgan fingerprint density at radius 3 is 2.45 bits per heavy atom. The molecule has 0 saturated heterocycles. The van der Waals surface area contributed by atoms with E-state index in [1.165, 1.54) is 0 Å². The second-order valence-corrected chi connectivity index (χ2v) is 7.93. The first-order chi connectivity index (χ1) is 14.0. The summed E-state index contributed by atoms with van der Waals surface area (Å²) in [4.78, 5) is 24.6. The normalized spacial score (nSPS) is 10.3. The van der Waals surface area contributed by atoms with Gasteiger partial charge in [0.15, 0.2) is 6.61 Å². The number of anilines is 1. The summed E-state index contributed by atoms with van der Waals surface area (Å²) in [6.45, 7) is 0.289. The first-order valence-corrected chi connectivity index (χ1v) is 10.4. The molecule has 148 valence electrons. The van der Waals surface area contributed by atoms with Crippen molar-refractivity contribution in [2.75, 3.05) is 11.9 Å². The molecule has 2 N–H and O–H groups in total. The topological polar surface area (TPSA) is 67.4 Å². The summed E-state index contributed by atoms with van der Waals surface area (Å²) in [6, 6.07) is 21.9. The van der Waals surface area contributed by atoms with E-state index < -0.39 is 0 Å². The molecule has 0 spiro atoms. The number of hydrogen-bond donors (Lipinski definition) is 2. The number of ether oxygens (including phenoxy) is 1. The summed E-state index contributed by atoms with van der Waals surface area (Å²) in [5.74, 6) is 0.0408. The van der Waals surface area contributed by atoms with Crippen LogP contribution in [0.25, 0.3) is 0 Å². The van der Waals surface area contributed by atoms with Crippen molar-refractivity contribution in [3.05, 3.63) is 92.9 Å². The number of carbonyl (C=O) groups excluding carboxylic acids is 2. The molecule has 0 aliphatic carbocycles. The fraction of sp³-hybridized carbons (Fsp3) is 0.0909. The fourth-order valence-corrected chi connectivity index (χ4v) is 3.71. The Balaban J connectivity index is 1.54. The quantitative estimate of drug-likeness (QED) is 0.455. The van der Waals surface area contributed by atoms with E-state index in [1.807, 2.05) is 42.5 Å². The van der Waals surface area contributed by atoms with Crippen LogP contribution in [0.15, 0.2) is 81.7 Å². The third-order valence-corrected chi connectivity index (χ3v) is 5.07. The lowest BCUT2D eigenvalue weighted by atomic mass is 10.1. The lowest BCUT2D eigenvalue weighted by molar-refractivity contribution is -0.118. The van der Waals surface area contributed by atoms with Gasteiger partial charge in [0.2, 0.25) is 0 Å². The minimum Gasteiger partial charge on any atom is -0.483 e. The summed E-state index contributed by atoms with van der Waals surface area (Å²) >= 11 is 6.76. The summed E-state index contributed by atoms with van der Waals surface area (Å²) in [7, 11) is 0. The van der Waals surface area contributed by atoms with Crippen molar-refractivity contribution in [1.82, 2.24) is 5.32 Å². The van der Waals surface area contributed by atoms with Crippen molar-refractivity contribution < 1.29 is 14.3 Å². The molecule has 0 aliphatic rings. The van der Waals surface area contributed by atoms with E-state index in [-0.39, 0.29) is 18.4 Å². The molecule has 29 heavy (non-hydrogen) atoms. The lowest BCUT2D eigenvalue weighted by Gasteiger charge is -2.10. The zero-order valence-corrected chi connectivity index (χ0v) is 18.5. The van der Waals surface area contributed by atoms with E-state index in [2.05, 4.69) is 42.5 Å². The summed E-state index contributed by atoms with van der Waals surface area (Å²) in [5, 5.41) is 5.61. The van der Waals surface area contributed by atoms with Gasteiger partial charge in [-0.05, 0) is 57.9 Å². The Morgan fingerprint density at radius 2 is 1.69 bits per heavy atom. The average molecular weight is 518 g/mol. The monoisotopic (exact) mass is 516 g/mol. The summed E-state index contributed by atoms with van der Waals surface area (Å²) in [6.07, 6.45) is 0. The van der Waals surface area contributed by atoms with Gasteiger partial charge in [-0.15, -0.1) is 0 Å². The maximum Gasteiger partial charge on any atom is 0.262 e. The Labute approximate surface area is 185 Å². The molecule has 0 heterocycles. The van der Waals surface area contributed by atoms with Crippen molar-refractivity contribution in [3.8, 4) is 5.75 Å². The van der Waals surface area contributed by atoms with Gasteiger partial charge in [-0.3, -0.25) is 9.59 Å². The smallest absolute Gasteiger partial charge is 0.262 e. The number of nitrogens with one attached hydrogen (secondary N) is 2. The van der Waals surface area contributed by atoms with E-state index in [4.69, 9.17) is 4.74 Å². The molecule has 0 fully saturated rings. The predicted molar refractivity (Wildman–Crippen MR) is 120 cm³/mol. The molecule has 0 unspecified atom stereocenters. The Hall–Kier alpha value is -2.64. The van der Waals surface area contributed by atoms with Gasteiger partial charge in [0.25, 0.3) is 11.8 Å². The van der Waals surface area contributed by atoms with Crippen molar-refractivity contribution in [2.24, 2.45) is 0 Å². The molecule has 0 saturated carbocycles. The first kappa shape index (κ1) is 21.1. The SMILES string of the molecule is O=C(COc1ccc(Br)cc1Br)Nc1cccc(C(=O)NCc2ccccc2)c1. The van der Waals surface area contributed by atoms with Gasteiger partial charge in [0, 0.05) is 22.3 Å². The Morgan fingerprint density at radius 1 is 0.897 bits per heavy atom. The van der Waals surface area contributed by atoms with E-state index in [1.54, 1.807) is 30.3 Å². The molecule has 5 nitrogen and oxygen atoms in total. The average Bonchev–Trinajstić information content (AvgIpc) is 2.72. The van der Waals surface area contributed by atoms with Gasteiger partial charge >= 0.3 is 0 Å². The summed E-state index contributed by atoms with van der Waals surface area (Å²) < 4.78 is 7.19. The van der Waals surface area contributed by atoms with Crippen LogP contribution in [0.1, 0.15) is 15.9 Å². The highest BCUT2D eigenvalue weighted by Crippen LogP contribution is 2.28. The molecular weight excluding hydrogens is 500 g/mol. The maximum absolute atomic E-state index is 12.4. The second kappa shape index (κ2) is 10.2. The van der Waals surface area contributed by atoms with Gasteiger partial charge in [0.05, 0.1) is 4.47 Å². The highest BCUT2D eigenvalue weighted by molar-refractivity contribution is 9.11. The predicted octanol–water partition coefficient (Wildman–Crippen LogP) is 5.16. The van der Waals surface area contributed by atoms with E-state index in [0.29, 0.717) is 23.5 Å². The van der Waals surface area contributed by atoms with E-state index in [9.17, 15) is 9.59 Å². The standard InChI is InChI=1S/C22H18Br2N2O3/c23-17-9-10-20(19(24)12-17)29-14-21(27)26-18-8-4-7-16(11-18)22(28)25-13-15-5-2-1-3-6-15/h1-12H,13-14H2,(H,25,28)(H,26,27). The van der Waals surface area contributed by atoms with Gasteiger partial charge in [-0.1, -0.05) is 52.3 Å². The van der Waals surface area contributed by atoms with Crippen LogP contribution in [0.4, 0.5) is 5.69 Å². The van der Waals surface area contributed by atoms with Crippen molar-refractivity contribution in [2.45, 2.75) is 6.54 Å². The van der Waals surface area contributed by atoms with Crippen LogP contribution < -0.4 is 15.4 Å². The number of rotatable bonds is 7. The molecule has 3 aromatic carbocycles. The molecule has 3 rings (SSSR count). The number of amides is 2. The van der Waals surface area contributed by atoms with Crippen LogP contribution in [0.5, 0.6) is 5.75 Å². The largest absolute Gasteiger partial charge is 0.483 e. The zero-order valence-electron chi connectivity index (χ0n) is 15.3. The molecule has 0 aromatic heterocycles. The second-order valence-electron chi connectivity index (χ2n) is 6.16.